The molecule has 0 fully saturated rings. The van der Waals surface area contributed by atoms with Crippen LogP contribution in [0, 0.1) is 0 Å². The molecule has 0 saturated heterocycles. The second-order valence-corrected chi connectivity index (χ2v) is 11.1. The van der Waals surface area contributed by atoms with Crippen LogP contribution < -0.4 is 0 Å². The maximum absolute atomic E-state index is 3.63. The van der Waals surface area contributed by atoms with Crippen molar-refractivity contribution in [2.45, 2.75) is 19.3 Å². The molecule has 1 N–H and O–H groups in total. The molecule has 0 saturated carbocycles. The Labute approximate surface area is 251 Å². The molecule has 0 bridgehead atoms. The van der Waals surface area contributed by atoms with E-state index < -0.39 is 5.41 Å². The van der Waals surface area contributed by atoms with Gasteiger partial charge in [0.25, 0.3) is 0 Å². The summed E-state index contributed by atoms with van der Waals surface area (Å²) in [5.41, 5.74) is 12.1. The summed E-state index contributed by atoms with van der Waals surface area (Å²) in [6.07, 6.45) is 2.21. The minimum atomic E-state index is -0.405. The molecule has 9 rings (SSSR count). The average Bonchev–Trinajstić information content (AvgIpc) is 3.75. The van der Waals surface area contributed by atoms with Crippen molar-refractivity contribution in [3.8, 4) is 16.8 Å². The van der Waals surface area contributed by atoms with Crippen LogP contribution in [0.2, 0.25) is 0 Å². The number of aromatic amines is 1. The molecule has 0 aliphatic heterocycles. The molecule has 0 radical (unpaired) electrons. The van der Waals surface area contributed by atoms with Gasteiger partial charge in [0.2, 0.25) is 0 Å². The highest BCUT2D eigenvalue weighted by molar-refractivity contribution is 6.11. The van der Waals surface area contributed by atoms with Crippen molar-refractivity contribution in [1.29, 1.82) is 0 Å². The van der Waals surface area contributed by atoms with E-state index in [0.717, 1.165) is 5.52 Å². The van der Waals surface area contributed by atoms with E-state index >= 15 is 0 Å². The third-order valence-corrected chi connectivity index (χ3v) is 9.04. The highest BCUT2D eigenvalue weighted by Crippen LogP contribution is 2.56. The Balaban J connectivity index is 0.00000136. The quantitative estimate of drug-likeness (QED) is 0.225. The number of rotatable bonds is 3. The zero-order valence-corrected chi connectivity index (χ0v) is 24.4. The highest BCUT2D eigenvalue weighted by atomic mass is 15.0. The second-order valence-electron chi connectivity index (χ2n) is 11.1. The highest BCUT2D eigenvalue weighted by Gasteiger charge is 2.46. The summed E-state index contributed by atoms with van der Waals surface area (Å²) < 4.78 is 2.34. The van der Waals surface area contributed by atoms with E-state index in [9.17, 15) is 0 Å². The molecule has 2 heteroatoms. The molecule has 6 aromatic carbocycles. The first-order chi connectivity index (χ1) is 21.3. The van der Waals surface area contributed by atoms with Crippen molar-refractivity contribution >= 4 is 32.7 Å². The number of hydrogen-bond donors (Lipinski definition) is 1. The van der Waals surface area contributed by atoms with Gasteiger partial charge in [0.1, 0.15) is 0 Å². The first-order valence-corrected chi connectivity index (χ1v) is 15.2. The summed E-state index contributed by atoms with van der Waals surface area (Å²) in [5, 5.41) is 3.77. The van der Waals surface area contributed by atoms with Gasteiger partial charge in [0.15, 0.2) is 0 Å². The van der Waals surface area contributed by atoms with Crippen LogP contribution in [0.4, 0.5) is 0 Å². The number of aromatic nitrogens is 2. The Morgan fingerprint density at radius 2 is 1.16 bits per heavy atom. The zero-order chi connectivity index (χ0) is 29.0. The number of nitrogens with one attached hydrogen (secondary N) is 1. The van der Waals surface area contributed by atoms with Crippen LogP contribution in [-0.4, -0.2) is 9.55 Å². The summed E-state index contributed by atoms with van der Waals surface area (Å²) >= 11 is 0. The van der Waals surface area contributed by atoms with Gasteiger partial charge in [-0.1, -0.05) is 123 Å². The molecule has 43 heavy (non-hydrogen) atoms. The van der Waals surface area contributed by atoms with E-state index in [1.54, 1.807) is 0 Å². The monoisotopic (exact) mass is 552 g/mol. The minimum Gasteiger partial charge on any atom is -0.354 e. The van der Waals surface area contributed by atoms with E-state index in [2.05, 4.69) is 161 Å². The number of H-pyrrole nitrogens is 1. The van der Waals surface area contributed by atoms with Crippen LogP contribution in [-0.2, 0) is 5.41 Å². The van der Waals surface area contributed by atoms with Gasteiger partial charge in [-0.25, -0.2) is 0 Å². The van der Waals surface area contributed by atoms with Crippen LogP contribution in [0.25, 0.3) is 49.5 Å². The minimum absolute atomic E-state index is 0.405. The first-order valence-electron chi connectivity index (χ1n) is 15.2. The van der Waals surface area contributed by atoms with E-state index in [0.29, 0.717) is 0 Å². The molecule has 8 aromatic rings. The number of nitrogens with zero attached hydrogens (tertiary/aromatic N) is 1. The van der Waals surface area contributed by atoms with Gasteiger partial charge in [0, 0.05) is 39.1 Å². The van der Waals surface area contributed by atoms with E-state index in [4.69, 9.17) is 0 Å². The Morgan fingerprint density at radius 1 is 0.512 bits per heavy atom. The lowest BCUT2D eigenvalue weighted by molar-refractivity contribution is 0.767. The fraction of sp³-hybridized carbons (Fsp3) is 0.0732. The molecule has 2 aromatic heterocycles. The van der Waals surface area contributed by atoms with Crippen LogP contribution in [0.15, 0.2) is 152 Å². The molecular weight excluding hydrogens is 520 g/mol. The smallest absolute Gasteiger partial charge is 0.0714 e. The van der Waals surface area contributed by atoms with E-state index in [-0.39, 0.29) is 0 Å². The molecular formula is C41H32N2. The Morgan fingerprint density at radius 3 is 1.93 bits per heavy atom. The predicted octanol–water partition coefficient (Wildman–Crippen LogP) is 10.7. The molecule has 1 aliphatic rings. The predicted molar refractivity (Wildman–Crippen MR) is 181 cm³/mol. The summed E-state index contributed by atoms with van der Waals surface area (Å²) in [7, 11) is 0. The van der Waals surface area contributed by atoms with Gasteiger partial charge in [-0.3, -0.25) is 0 Å². The van der Waals surface area contributed by atoms with Crippen molar-refractivity contribution in [3.63, 3.8) is 0 Å². The van der Waals surface area contributed by atoms with Gasteiger partial charge < -0.3 is 9.55 Å². The van der Waals surface area contributed by atoms with Crippen molar-refractivity contribution in [3.05, 3.63) is 174 Å². The zero-order valence-electron chi connectivity index (χ0n) is 24.4. The topological polar surface area (TPSA) is 20.7 Å². The standard InChI is InChI=1S/C39H26N2.C2H6/c1-3-11-27(12-4-1)39(28-13-5-2-6-14-28)34-17-9-7-15-30(34)31-20-19-29(24-35(31)39)41-22-21-26-23-33-32-16-8-10-18-36(32)40-37(33)25-38(26)41;1-2/h1-25,40H;1-2H3. The maximum Gasteiger partial charge on any atom is 0.0714 e. The van der Waals surface area contributed by atoms with Crippen LogP contribution in [0.3, 0.4) is 0 Å². The van der Waals surface area contributed by atoms with E-state index in [1.165, 1.54) is 66.3 Å². The lowest BCUT2D eigenvalue weighted by atomic mass is 9.67. The molecule has 2 heterocycles. The summed E-state index contributed by atoms with van der Waals surface area (Å²) in [4.78, 5) is 3.63. The molecule has 2 nitrogen and oxygen atoms in total. The maximum atomic E-state index is 3.63. The van der Waals surface area contributed by atoms with E-state index in [1.807, 2.05) is 13.8 Å². The normalized spacial score (nSPS) is 13.1. The van der Waals surface area contributed by atoms with Crippen LogP contribution in [0.1, 0.15) is 36.1 Å². The molecule has 0 amide bonds. The van der Waals surface area contributed by atoms with Crippen LogP contribution in [0.5, 0.6) is 0 Å². The molecule has 1 aliphatic carbocycles. The fourth-order valence-electron chi connectivity index (χ4n) is 7.29. The SMILES string of the molecule is CC.c1ccc(C2(c3ccccc3)c3ccccc3-c3ccc(-n4ccc5cc6c(cc54)[nH]c4ccccc46)cc32)cc1. The van der Waals surface area contributed by atoms with Crippen molar-refractivity contribution in [2.75, 3.05) is 0 Å². The molecule has 0 unspecified atom stereocenters. The van der Waals surface area contributed by atoms with Crippen LogP contribution >= 0.6 is 0 Å². The Bertz CT molecular complexity index is 2210. The molecule has 0 spiro atoms. The molecule has 0 atom stereocenters. The van der Waals surface area contributed by atoms with Gasteiger partial charge in [-0.2, -0.15) is 0 Å². The lowest BCUT2D eigenvalue weighted by Crippen LogP contribution is -2.28. The summed E-state index contributed by atoms with van der Waals surface area (Å²) in [5.74, 6) is 0. The Hall–Kier alpha value is -5.34. The van der Waals surface area contributed by atoms with Gasteiger partial charge >= 0.3 is 0 Å². The summed E-state index contributed by atoms with van der Waals surface area (Å²) in [6.45, 7) is 4.00. The Kier molecular flexibility index (Phi) is 5.84. The summed E-state index contributed by atoms with van der Waals surface area (Å²) in [6, 6.07) is 53.3. The van der Waals surface area contributed by atoms with Gasteiger partial charge in [0.05, 0.1) is 10.9 Å². The third kappa shape index (κ3) is 3.60. The third-order valence-electron chi connectivity index (χ3n) is 9.04. The number of hydrogen-bond acceptors (Lipinski definition) is 0. The molecule has 206 valence electrons. The van der Waals surface area contributed by atoms with Crippen molar-refractivity contribution < 1.29 is 0 Å². The van der Waals surface area contributed by atoms with Gasteiger partial charge in [-0.05, 0) is 69.8 Å². The second kappa shape index (κ2) is 9.89. The number of fused-ring (bicyclic) bond motifs is 7. The van der Waals surface area contributed by atoms with Crippen molar-refractivity contribution in [2.24, 2.45) is 0 Å². The number of benzene rings is 6. The fourth-order valence-corrected chi connectivity index (χ4v) is 7.29. The van der Waals surface area contributed by atoms with Crippen molar-refractivity contribution in [1.82, 2.24) is 9.55 Å². The van der Waals surface area contributed by atoms with Gasteiger partial charge in [-0.15, -0.1) is 0 Å². The average molecular weight is 553 g/mol. The number of para-hydroxylation sites is 1. The largest absolute Gasteiger partial charge is 0.354 e. The lowest BCUT2D eigenvalue weighted by Gasteiger charge is -2.34. The first kappa shape index (κ1) is 25.4.